The molecule has 1 aromatic carbocycles. The molecule has 0 aromatic heterocycles. The summed E-state index contributed by atoms with van der Waals surface area (Å²) in [5.74, 6) is 0. The van der Waals surface area contributed by atoms with Gasteiger partial charge in [-0.25, -0.2) is 0 Å². The van der Waals surface area contributed by atoms with Gasteiger partial charge in [0.25, 0.3) is 0 Å². The van der Waals surface area contributed by atoms with Gasteiger partial charge in [-0.2, -0.15) is 13.2 Å². The zero-order chi connectivity index (χ0) is 14.8. The molecule has 0 saturated carbocycles. The van der Waals surface area contributed by atoms with Crippen LogP contribution >= 0.6 is 0 Å². The molecule has 0 bridgehead atoms. The first-order chi connectivity index (χ1) is 9.39. The molecule has 0 fully saturated rings. The van der Waals surface area contributed by atoms with Gasteiger partial charge in [0.1, 0.15) is 0 Å². The third kappa shape index (κ3) is 3.96. The standard InChI is InChI=1S/C15H21F3N2/c1-3-19-8-12-4-5-13-9-20(10-15(16,17)18)11(2)6-14(13)7-12/h4-5,7,11,19H,3,6,8-10H2,1-2H3. The Labute approximate surface area is 118 Å². The molecular formula is C15H21F3N2. The van der Waals surface area contributed by atoms with Gasteiger partial charge in [0.15, 0.2) is 0 Å². The summed E-state index contributed by atoms with van der Waals surface area (Å²) in [5, 5.41) is 3.26. The van der Waals surface area contributed by atoms with Crippen molar-refractivity contribution in [2.75, 3.05) is 13.1 Å². The summed E-state index contributed by atoms with van der Waals surface area (Å²) in [4.78, 5) is 1.51. The molecular weight excluding hydrogens is 265 g/mol. The quantitative estimate of drug-likeness (QED) is 0.915. The van der Waals surface area contributed by atoms with Crippen molar-refractivity contribution in [3.05, 3.63) is 34.9 Å². The molecule has 1 aromatic rings. The number of nitrogens with zero attached hydrogens (tertiary/aromatic N) is 1. The molecule has 1 unspecified atom stereocenters. The number of alkyl halides is 3. The number of nitrogens with one attached hydrogen (secondary N) is 1. The van der Waals surface area contributed by atoms with Gasteiger partial charge in [-0.15, -0.1) is 0 Å². The summed E-state index contributed by atoms with van der Waals surface area (Å²) in [6.45, 7) is 5.20. The van der Waals surface area contributed by atoms with Crippen LogP contribution in [0.15, 0.2) is 18.2 Å². The Bertz CT molecular complexity index is 457. The van der Waals surface area contributed by atoms with E-state index in [9.17, 15) is 13.2 Å². The molecule has 2 rings (SSSR count). The minimum atomic E-state index is -4.13. The SMILES string of the molecule is CCNCc1ccc2c(c1)CC(C)N(CC(F)(F)F)C2. The molecule has 1 heterocycles. The normalized spacial score (nSPS) is 19.9. The van der Waals surface area contributed by atoms with Crippen LogP contribution in [0.1, 0.15) is 30.5 Å². The molecule has 0 radical (unpaired) electrons. The Hall–Kier alpha value is -1.07. The van der Waals surface area contributed by atoms with Crippen molar-refractivity contribution < 1.29 is 13.2 Å². The minimum Gasteiger partial charge on any atom is -0.313 e. The maximum Gasteiger partial charge on any atom is 0.401 e. The Morgan fingerprint density at radius 1 is 1.30 bits per heavy atom. The summed E-state index contributed by atoms with van der Waals surface area (Å²) in [7, 11) is 0. The lowest BCUT2D eigenvalue weighted by Crippen LogP contribution is -2.43. The van der Waals surface area contributed by atoms with Crippen molar-refractivity contribution >= 4 is 0 Å². The lowest BCUT2D eigenvalue weighted by molar-refractivity contribution is -0.152. The summed E-state index contributed by atoms with van der Waals surface area (Å²) in [6, 6.07) is 6.03. The summed E-state index contributed by atoms with van der Waals surface area (Å²) in [5.41, 5.74) is 3.40. The van der Waals surface area contributed by atoms with Crippen molar-refractivity contribution in [2.24, 2.45) is 0 Å². The minimum absolute atomic E-state index is 0.0708. The monoisotopic (exact) mass is 286 g/mol. The fourth-order valence-electron chi connectivity index (χ4n) is 2.67. The van der Waals surface area contributed by atoms with Crippen molar-refractivity contribution in [1.82, 2.24) is 10.2 Å². The van der Waals surface area contributed by atoms with E-state index in [1.54, 1.807) is 0 Å². The average Bonchev–Trinajstić information content (AvgIpc) is 2.35. The summed E-state index contributed by atoms with van der Waals surface area (Å²) < 4.78 is 37.6. The Balaban J connectivity index is 2.10. The topological polar surface area (TPSA) is 15.3 Å². The lowest BCUT2D eigenvalue weighted by atomic mass is 9.93. The zero-order valence-electron chi connectivity index (χ0n) is 11.9. The van der Waals surface area contributed by atoms with Crippen molar-refractivity contribution in [3.63, 3.8) is 0 Å². The summed E-state index contributed by atoms with van der Waals surface area (Å²) in [6.07, 6.45) is -3.44. The predicted octanol–water partition coefficient (Wildman–Crippen LogP) is 3.11. The second-order valence-electron chi connectivity index (χ2n) is 5.46. The molecule has 1 aliphatic rings. The van der Waals surface area contributed by atoms with E-state index in [0.717, 1.165) is 18.7 Å². The van der Waals surface area contributed by atoms with Gasteiger partial charge in [0, 0.05) is 19.1 Å². The highest BCUT2D eigenvalue weighted by Crippen LogP contribution is 2.27. The maximum absolute atomic E-state index is 12.5. The molecule has 0 aliphatic carbocycles. The van der Waals surface area contributed by atoms with E-state index in [1.807, 2.05) is 19.1 Å². The van der Waals surface area contributed by atoms with Gasteiger partial charge in [-0.05, 0) is 36.6 Å². The van der Waals surface area contributed by atoms with Gasteiger partial charge in [-0.3, -0.25) is 4.90 Å². The highest BCUT2D eigenvalue weighted by molar-refractivity contribution is 5.34. The predicted molar refractivity (Wildman–Crippen MR) is 73.5 cm³/mol. The Morgan fingerprint density at radius 2 is 2.05 bits per heavy atom. The molecule has 1 aliphatic heterocycles. The van der Waals surface area contributed by atoms with Crippen LogP contribution in [0.25, 0.3) is 0 Å². The number of hydrogen-bond donors (Lipinski definition) is 1. The van der Waals surface area contributed by atoms with Crippen LogP contribution in [0, 0.1) is 0 Å². The lowest BCUT2D eigenvalue weighted by Gasteiger charge is -2.35. The summed E-state index contributed by atoms with van der Waals surface area (Å²) >= 11 is 0. The van der Waals surface area contributed by atoms with Crippen molar-refractivity contribution in [2.45, 2.75) is 45.6 Å². The van der Waals surface area contributed by atoms with Crippen LogP contribution in [-0.4, -0.2) is 30.2 Å². The molecule has 112 valence electrons. The van der Waals surface area contributed by atoms with Crippen molar-refractivity contribution in [3.8, 4) is 0 Å². The van der Waals surface area contributed by atoms with Crippen molar-refractivity contribution in [1.29, 1.82) is 0 Å². The van der Waals surface area contributed by atoms with Crippen LogP contribution < -0.4 is 5.32 Å². The van der Waals surface area contributed by atoms with E-state index in [0.29, 0.717) is 13.0 Å². The largest absolute Gasteiger partial charge is 0.401 e. The average molecular weight is 286 g/mol. The van der Waals surface area contributed by atoms with Crippen LogP contribution in [-0.2, 0) is 19.5 Å². The Kier molecular flexibility index (Phi) is 4.70. The highest BCUT2D eigenvalue weighted by Gasteiger charge is 2.34. The Morgan fingerprint density at radius 3 is 2.70 bits per heavy atom. The van der Waals surface area contributed by atoms with Gasteiger partial charge < -0.3 is 5.32 Å². The number of hydrogen-bond acceptors (Lipinski definition) is 2. The van der Waals surface area contributed by atoms with E-state index >= 15 is 0 Å². The first-order valence-electron chi connectivity index (χ1n) is 7.01. The first kappa shape index (κ1) is 15.3. The fourth-order valence-corrected chi connectivity index (χ4v) is 2.67. The van der Waals surface area contributed by atoms with Gasteiger partial charge in [0.05, 0.1) is 6.54 Å². The van der Waals surface area contributed by atoms with E-state index in [1.165, 1.54) is 16.0 Å². The molecule has 2 nitrogen and oxygen atoms in total. The molecule has 0 amide bonds. The van der Waals surface area contributed by atoms with E-state index in [2.05, 4.69) is 18.3 Å². The van der Waals surface area contributed by atoms with E-state index < -0.39 is 12.7 Å². The first-order valence-corrected chi connectivity index (χ1v) is 7.01. The second kappa shape index (κ2) is 6.14. The van der Waals surface area contributed by atoms with Crippen LogP contribution in [0.2, 0.25) is 0 Å². The third-order valence-electron chi connectivity index (χ3n) is 3.74. The zero-order valence-corrected chi connectivity index (χ0v) is 11.9. The number of halogens is 3. The molecule has 1 atom stereocenters. The number of benzene rings is 1. The molecule has 1 N–H and O–H groups in total. The van der Waals surface area contributed by atoms with E-state index in [-0.39, 0.29) is 6.04 Å². The smallest absolute Gasteiger partial charge is 0.313 e. The number of fused-ring (bicyclic) bond motifs is 1. The van der Waals surface area contributed by atoms with Crippen LogP contribution in [0.5, 0.6) is 0 Å². The number of rotatable bonds is 4. The molecule has 5 heteroatoms. The second-order valence-corrected chi connectivity index (χ2v) is 5.46. The van der Waals surface area contributed by atoms with Gasteiger partial charge in [-0.1, -0.05) is 25.1 Å². The maximum atomic E-state index is 12.5. The van der Waals surface area contributed by atoms with Crippen LogP contribution in [0.4, 0.5) is 13.2 Å². The molecule has 0 spiro atoms. The van der Waals surface area contributed by atoms with Gasteiger partial charge >= 0.3 is 6.18 Å². The van der Waals surface area contributed by atoms with Gasteiger partial charge in [0.2, 0.25) is 0 Å². The molecule has 20 heavy (non-hydrogen) atoms. The van der Waals surface area contributed by atoms with E-state index in [4.69, 9.17) is 0 Å². The highest BCUT2D eigenvalue weighted by atomic mass is 19.4. The fraction of sp³-hybridized carbons (Fsp3) is 0.600. The molecule has 0 saturated heterocycles. The third-order valence-corrected chi connectivity index (χ3v) is 3.74. The van der Waals surface area contributed by atoms with Crippen LogP contribution in [0.3, 0.4) is 0 Å².